The van der Waals surface area contributed by atoms with Crippen LogP contribution in [0.5, 0.6) is 0 Å². The predicted octanol–water partition coefficient (Wildman–Crippen LogP) is 2.05. The number of hydrogen-bond donors (Lipinski definition) is 1. The van der Waals surface area contributed by atoms with Crippen LogP contribution in [0.2, 0.25) is 0 Å². The van der Waals surface area contributed by atoms with Gasteiger partial charge in [-0.05, 0) is 25.3 Å². The molecule has 3 nitrogen and oxygen atoms in total. The highest BCUT2D eigenvalue weighted by Crippen LogP contribution is 2.65. The van der Waals surface area contributed by atoms with Crippen LogP contribution >= 0.6 is 12.4 Å². The zero-order valence-electron chi connectivity index (χ0n) is 8.79. The van der Waals surface area contributed by atoms with Crippen LogP contribution in [0.1, 0.15) is 30.8 Å². The second kappa shape index (κ2) is 3.32. The highest BCUT2D eigenvalue weighted by Gasteiger charge is 2.67. The van der Waals surface area contributed by atoms with E-state index in [-0.39, 0.29) is 23.4 Å². The second-order valence-electron chi connectivity index (χ2n) is 4.94. The maximum absolute atomic E-state index is 12.4. The Bertz CT molecular complexity index is 441. The molecule has 0 aliphatic heterocycles. The molecule has 2 bridgehead atoms. The normalized spacial score (nSPS) is 34.4. The van der Waals surface area contributed by atoms with Gasteiger partial charge in [0.2, 0.25) is 5.82 Å². The molecule has 0 radical (unpaired) electrons. The van der Waals surface area contributed by atoms with Gasteiger partial charge in [-0.2, -0.15) is 13.2 Å². The fourth-order valence-corrected chi connectivity index (χ4v) is 2.93. The molecule has 7 heteroatoms. The van der Waals surface area contributed by atoms with Crippen LogP contribution < -0.4 is 5.73 Å². The summed E-state index contributed by atoms with van der Waals surface area (Å²) in [6.07, 6.45) is -1.06. The molecule has 94 valence electrons. The van der Waals surface area contributed by atoms with Crippen LogP contribution in [0, 0.1) is 0 Å². The number of halogens is 4. The molecule has 3 saturated carbocycles. The Hall–Kier alpha value is -0.880. The van der Waals surface area contributed by atoms with E-state index in [1.165, 1.54) is 6.20 Å². The van der Waals surface area contributed by atoms with E-state index < -0.39 is 12.0 Å². The second-order valence-corrected chi connectivity index (χ2v) is 4.94. The fraction of sp³-hybridized carbons (Fsp3) is 0.600. The fourth-order valence-electron chi connectivity index (χ4n) is 2.93. The summed E-state index contributed by atoms with van der Waals surface area (Å²) in [5, 5.41) is 0. The molecule has 3 aliphatic carbocycles. The number of rotatable bonds is 1. The van der Waals surface area contributed by atoms with E-state index in [4.69, 9.17) is 5.73 Å². The summed E-state index contributed by atoms with van der Waals surface area (Å²) in [5.41, 5.74) is 6.02. The Balaban J connectivity index is 0.00000108. The monoisotopic (exact) mass is 265 g/mol. The summed E-state index contributed by atoms with van der Waals surface area (Å²) in [4.78, 5) is 6.86. The molecule has 1 aromatic rings. The van der Waals surface area contributed by atoms with E-state index in [1.54, 1.807) is 6.07 Å². The van der Waals surface area contributed by atoms with Crippen molar-refractivity contribution < 1.29 is 13.2 Å². The molecule has 0 atom stereocenters. The molecule has 3 aliphatic rings. The van der Waals surface area contributed by atoms with Crippen molar-refractivity contribution in [3.8, 4) is 0 Å². The maximum Gasteiger partial charge on any atom is 0.451 e. The topological polar surface area (TPSA) is 51.8 Å². The van der Waals surface area contributed by atoms with Gasteiger partial charge in [0.1, 0.15) is 0 Å². The van der Waals surface area contributed by atoms with Crippen molar-refractivity contribution >= 4 is 12.4 Å². The van der Waals surface area contributed by atoms with Crippen molar-refractivity contribution in [1.82, 2.24) is 9.97 Å². The third kappa shape index (κ3) is 1.70. The van der Waals surface area contributed by atoms with Crippen molar-refractivity contribution in [3.05, 3.63) is 23.8 Å². The standard InChI is InChI=1S/C10H10F3N3.ClH/c11-10(12,13)7-15-2-1-6(16-7)8-3-9(14,4-8)5-8;/h1-2H,3-5,14H2;1H. The van der Waals surface area contributed by atoms with Crippen molar-refractivity contribution in [3.63, 3.8) is 0 Å². The molecule has 0 spiro atoms. The molecule has 0 unspecified atom stereocenters. The average Bonchev–Trinajstić information content (AvgIpc) is 2.10. The van der Waals surface area contributed by atoms with Gasteiger partial charge in [-0.15, -0.1) is 12.4 Å². The van der Waals surface area contributed by atoms with Crippen molar-refractivity contribution in [1.29, 1.82) is 0 Å². The van der Waals surface area contributed by atoms with Gasteiger partial charge in [-0.3, -0.25) is 0 Å². The molecule has 4 rings (SSSR count). The van der Waals surface area contributed by atoms with Gasteiger partial charge in [0.25, 0.3) is 0 Å². The van der Waals surface area contributed by atoms with E-state index in [1.807, 2.05) is 0 Å². The molecule has 17 heavy (non-hydrogen) atoms. The molecule has 1 heterocycles. The van der Waals surface area contributed by atoms with Crippen LogP contribution in [0.3, 0.4) is 0 Å². The van der Waals surface area contributed by atoms with E-state index in [9.17, 15) is 13.2 Å². The average molecular weight is 266 g/mol. The van der Waals surface area contributed by atoms with Crippen molar-refractivity contribution in [2.45, 2.75) is 36.4 Å². The minimum atomic E-state index is -4.47. The Labute approximate surface area is 102 Å². The van der Waals surface area contributed by atoms with Gasteiger partial charge < -0.3 is 5.73 Å². The van der Waals surface area contributed by atoms with Crippen LogP contribution in [-0.4, -0.2) is 15.5 Å². The first-order valence-corrected chi connectivity index (χ1v) is 5.03. The van der Waals surface area contributed by atoms with Gasteiger partial charge in [0, 0.05) is 17.2 Å². The lowest BCUT2D eigenvalue weighted by atomic mass is 9.39. The number of nitrogens with two attached hydrogens (primary N) is 1. The summed E-state index contributed by atoms with van der Waals surface area (Å²) >= 11 is 0. The van der Waals surface area contributed by atoms with Gasteiger partial charge in [0.05, 0.1) is 5.69 Å². The Morgan fingerprint density at radius 2 is 1.82 bits per heavy atom. The lowest BCUT2D eigenvalue weighted by molar-refractivity contribution is -0.145. The van der Waals surface area contributed by atoms with E-state index in [0.29, 0.717) is 5.69 Å². The van der Waals surface area contributed by atoms with Gasteiger partial charge in [-0.25, -0.2) is 9.97 Å². The third-order valence-electron chi connectivity index (χ3n) is 3.52. The van der Waals surface area contributed by atoms with E-state index >= 15 is 0 Å². The molecule has 0 amide bonds. The first-order valence-electron chi connectivity index (χ1n) is 5.03. The van der Waals surface area contributed by atoms with Crippen LogP contribution in [0.4, 0.5) is 13.2 Å². The Morgan fingerprint density at radius 1 is 1.24 bits per heavy atom. The number of nitrogens with zero attached hydrogens (tertiary/aromatic N) is 2. The highest BCUT2D eigenvalue weighted by atomic mass is 35.5. The third-order valence-corrected chi connectivity index (χ3v) is 3.52. The smallest absolute Gasteiger partial charge is 0.325 e. The molecule has 1 aromatic heterocycles. The maximum atomic E-state index is 12.4. The minimum Gasteiger partial charge on any atom is -0.325 e. The highest BCUT2D eigenvalue weighted by molar-refractivity contribution is 5.85. The zero-order valence-corrected chi connectivity index (χ0v) is 9.61. The molecule has 0 aromatic carbocycles. The molecule has 2 N–H and O–H groups in total. The summed E-state index contributed by atoms with van der Waals surface area (Å²) < 4.78 is 37.2. The van der Waals surface area contributed by atoms with Crippen molar-refractivity contribution in [2.75, 3.05) is 0 Å². The Morgan fingerprint density at radius 3 is 2.29 bits per heavy atom. The van der Waals surface area contributed by atoms with Gasteiger partial charge in [0.15, 0.2) is 0 Å². The first kappa shape index (κ1) is 12.6. The van der Waals surface area contributed by atoms with Gasteiger partial charge >= 0.3 is 6.18 Å². The molecule has 3 fully saturated rings. The zero-order chi connectivity index (χ0) is 11.6. The lowest BCUT2D eigenvalue weighted by Crippen LogP contribution is -2.74. The summed E-state index contributed by atoms with van der Waals surface area (Å²) in [7, 11) is 0. The van der Waals surface area contributed by atoms with Crippen LogP contribution in [0.15, 0.2) is 12.3 Å². The summed E-state index contributed by atoms with van der Waals surface area (Å²) in [6.45, 7) is 0. The largest absolute Gasteiger partial charge is 0.451 e. The molecule has 0 saturated heterocycles. The predicted molar refractivity (Wildman–Crippen MR) is 56.7 cm³/mol. The van der Waals surface area contributed by atoms with Crippen LogP contribution in [0.25, 0.3) is 0 Å². The number of aromatic nitrogens is 2. The quantitative estimate of drug-likeness (QED) is 0.845. The minimum absolute atomic E-state index is 0. The number of alkyl halides is 3. The Kier molecular flexibility index (Phi) is 2.46. The van der Waals surface area contributed by atoms with Crippen molar-refractivity contribution in [2.24, 2.45) is 5.73 Å². The molecular formula is C10H11ClF3N3. The van der Waals surface area contributed by atoms with E-state index in [2.05, 4.69) is 9.97 Å². The SMILES string of the molecule is Cl.NC12CC(c3ccnc(C(F)(F)F)n3)(C1)C2. The van der Waals surface area contributed by atoms with E-state index in [0.717, 1.165) is 19.3 Å². The summed E-state index contributed by atoms with van der Waals surface area (Å²) in [6, 6.07) is 1.56. The number of hydrogen-bond acceptors (Lipinski definition) is 3. The molecular weight excluding hydrogens is 255 g/mol. The first-order chi connectivity index (χ1) is 7.33. The summed E-state index contributed by atoms with van der Waals surface area (Å²) in [5.74, 6) is -1.05. The lowest BCUT2D eigenvalue weighted by Gasteiger charge is -2.68. The van der Waals surface area contributed by atoms with Crippen LogP contribution in [-0.2, 0) is 11.6 Å². The van der Waals surface area contributed by atoms with Gasteiger partial charge in [-0.1, -0.05) is 0 Å².